The molecule has 1 aromatic rings. The van der Waals surface area contributed by atoms with Crippen molar-refractivity contribution >= 4 is 17.8 Å². The zero-order chi connectivity index (χ0) is 19.7. The molecule has 1 radical (unpaired) electrons. The average molecular weight is 383 g/mol. The van der Waals surface area contributed by atoms with Gasteiger partial charge < -0.3 is 15.5 Å². The van der Waals surface area contributed by atoms with Gasteiger partial charge in [-0.05, 0) is 36.8 Å². The molecule has 3 aliphatic rings. The number of likely N-dealkylation sites (tertiary alicyclic amines) is 3. The number of imide groups is 1. The highest BCUT2D eigenvalue weighted by Gasteiger charge is 2.45. The minimum Gasteiger partial charge on any atom is -0.351 e. The van der Waals surface area contributed by atoms with Crippen LogP contribution in [0, 0.1) is 24.2 Å². The van der Waals surface area contributed by atoms with Crippen molar-refractivity contribution in [3.63, 3.8) is 0 Å². The van der Waals surface area contributed by atoms with Crippen molar-refractivity contribution in [2.24, 2.45) is 23.5 Å². The fraction of sp³-hybridized carbons (Fsp3) is 0.524. The molecule has 3 heterocycles. The fourth-order valence-electron chi connectivity index (χ4n) is 4.80. The molecular weight excluding hydrogens is 356 g/mol. The molecule has 3 aliphatic heterocycles. The summed E-state index contributed by atoms with van der Waals surface area (Å²) in [7, 11) is 0. The number of hydrogen-bond acceptors (Lipinski definition) is 4. The van der Waals surface area contributed by atoms with Crippen molar-refractivity contribution < 1.29 is 14.4 Å². The zero-order valence-electron chi connectivity index (χ0n) is 16.0. The monoisotopic (exact) mass is 383 g/mol. The lowest BCUT2D eigenvalue weighted by molar-refractivity contribution is -0.135. The van der Waals surface area contributed by atoms with Crippen molar-refractivity contribution in [2.75, 3.05) is 39.3 Å². The highest BCUT2D eigenvalue weighted by Crippen LogP contribution is 2.33. The molecule has 149 valence electrons. The van der Waals surface area contributed by atoms with Gasteiger partial charge in [-0.25, -0.2) is 4.79 Å². The summed E-state index contributed by atoms with van der Waals surface area (Å²) in [5.41, 5.74) is 6.46. The minimum atomic E-state index is -0.762. The van der Waals surface area contributed by atoms with E-state index in [1.165, 1.54) is 5.56 Å². The number of rotatable bonds is 5. The SMILES string of the molecule is NC(=O)N1C[C@@H](C(=O)N2CC3CN(CC[CH]c4ccccc4)CC3C2)CC1=O. The lowest BCUT2D eigenvalue weighted by Crippen LogP contribution is -2.40. The van der Waals surface area contributed by atoms with Crippen molar-refractivity contribution in [1.82, 2.24) is 14.7 Å². The van der Waals surface area contributed by atoms with Gasteiger partial charge in [0.05, 0.1) is 5.92 Å². The van der Waals surface area contributed by atoms with Crippen LogP contribution in [-0.4, -0.2) is 71.8 Å². The molecule has 7 nitrogen and oxygen atoms in total. The van der Waals surface area contributed by atoms with E-state index in [4.69, 9.17) is 5.73 Å². The summed E-state index contributed by atoms with van der Waals surface area (Å²) in [6.07, 6.45) is 3.39. The van der Waals surface area contributed by atoms with Crippen LogP contribution in [0.1, 0.15) is 18.4 Å². The maximum atomic E-state index is 12.8. The highest BCUT2D eigenvalue weighted by atomic mass is 16.2. The largest absolute Gasteiger partial charge is 0.351 e. The third-order valence-corrected chi connectivity index (χ3v) is 6.24. The summed E-state index contributed by atoms with van der Waals surface area (Å²) in [6.45, 7) is 4.72. The van der Waals surface area contributed by atoms with Crippen LogP contribution < -0.4 is 5.73 Å². The van der Waals surface area contributed by atoms with E-state index in [1.807, 2.05) is 11.0 Å². The number of primary amides is 1. The lowest BCUT2D eigenvalue weighted by atomic mass is 10.0. The number of carbonyl (C=O) groups excluding carboxylic acids is 3. The Morgan fingerprint density at radius 1 is 1.04 bits per heavy atom. The number of benzene rings is 1. The van der Waals surface area contributed by atoms with E-state index in [0.717, 1.165) is 44.0 Å². The third-order valence-electron chi connectivity index (χ3n) is 6.24. The molecule has 1 aromatic carbocycles. The van der Waals surface area contributed by atoms with Gasteiger partial charge in [-0.3, -0.25) is 14.5 Å². The van der Waals surface area contributed by atoms with Gasteiger partial charge in [-0.1, -0.05) is 30.3 Å². The van der Waals surface area contributed by atoms with Gasteiger partial charge in [-0.15, -0.1) is 0 Å². The predicted molar refractivity (Wildman–Crippen MR) is 104 cm³/mol. The maximum absolute atomic E-state index is 12.8. The topological polar surface area (TPSA) is 86.9 Å². The van der Waals surface area contributed by atoms with Gasteiger partial charge in [0.25, 0.3) is 0 Å². The summed E-state index contributed by atoms with van der Waals surface area (Å²) >= 11 is 0. The summed E-state index contributed by atoms with van der Waals surface area (Å²) in [5, 5.41) is 0. The van der Waals surface area contributed by atoms with Crippen LogP contribution in [-0.2, 0) is 9.59 Å². The lowest BCUT2D eigenvalue weighted by Gasteiger charge is -2.23. The normalized spacial score (nSPS) is 27.4. The van der Waals surface area contributed by atoms with Crippen LogP contribution in [0.5, 0.6) is 0 Å². The van der Waals surface area contributed by atoms with Gasteiger partial charge in [0.1, 0.15) is 0 Å². The Balaban J connectivity index is 1.22. The Morgan fingerprint density at radius 2 is 1.71 bits per heavy atom. The summed E-state index contributed by atoms with van der Waals surface area (Å²) in [5.74, 6) is 0.229. The zero-order valence-corrected chi connectivity index (χ0v) is 16.0. The Morgan fingerprint density at radius 3 is 2.32 bits per heavy atom. The Bertz CT molecular complexity index is 739. The third kappa shape index (κ3) is 3.90. The molecule has 3 fully saturated rings. The Labute approximate surface area is 165 Å². The van der Waals surface area contributed by atoms with E-state index in [2.05, 4.69) is 35.6 Å². The number of amides is 4. The molecule has 2 unspecified atom stereocenters. The van der Waals surface area contributed by atoms with Crippen LogP contribution in [0.4, 0.5) is 4.79 Å². The molecule has 3 saturated heterocycles. The average Bonchev–Trinajstić information content (AvgIpc) is 3.35. The van der Waals surface area contributed by atoms with Gasteiger partial charge in [0, 0.05) is 39.1 Å². The summed E-state index contributed by atoms with van der Waals surface area (Å²) in [4.78, 5) is 41.3. The van der Waals surface area contributed by atoms with E-state index in [0.29, 0.717) is 11.8 Å². The molecule has 4 amide bonds. The molecule has 0 bridgehead atoms. The molecular formula is C21H27N4O3. The number of fused-ring (bicyclic) bond motifs is 1. The van der Waals surface area contributed by atoms with Crippen LogP contribution in [0.15, 0.2) is 30.3 Å². The predicted octanol–water partition coefficient (Wildman–Crippen LogP) is 0.946. The Kier molecular flexibility index (Phi) is 5.35. The maximum Gasteiger partial charge on any atom is 0.321 e. The molecule has 4 rings (SSSR count). The minimum absolute atomic E-state index is 0.00420. The van der Waals surface area contributed by atoms with Crippen molar-refractivity contribution in [1.29, 1.82) is 0 Å². The molecule has 0 aliphatic carbocycles. The van der Waals surface area contributed by atoms with Crippen molar-refractivity contribution in [3.8, 4) is 0 Å². The highest BCUT2D eigenvalue weighted by molar-refractivity contribution is 5.99. The molecule has 2 N–H and O–H groups in total. The molecule has 0 aromatic heterocycles. The van der Waals surface area contributed by atoms with E-state index in [9.17, 15) is 14.4 Å². The smallest absolute Gasteiger partial charge is 0.321 e. The van der Waals surface area contributed by atoms with E-state index >= 15 is 0 Å². The number of nitrogens with zero attached hydrogens (tertiary/aromatic N) is 3. The Hall–Kier alpha value is -2.41. The molecule has 7 heteroatoms. The van der Waals surface area contributed by atoms with Crippen LogP contribution in [0.3, 0.4) is 0 Å². The quantitative estimate of drug-likeness (QED) is 0.820. The molecule has 3 atom stereocenters. The second-order valence-electron chi connectivity index (χ2n) is 8.17. The first-order valence-electron chi connectivity index (χ1n) is 10.0. The van der Waals surface area contributed by atoms with Crippen LogP contribution in [0.25, 0.3) is 0 Å². The standard InChI is InChI=1S/C21H27N4O3/c22-21(28)25-14-16(9-19(25)26)20(27)24-12-17-10-23(11-18(17)13-24)8-4-7-15-5-2-1-3-6-15/h1-3,5-7,16-18H,4,8-14H2,(H2,22,28)/t16-,17?,18?/m0/s1. The molecule has 0 spiro atoms. The van der Waals surface area contributed by atoms with Crippen molar-refractivity contribution in [2.45, 2.75) is 12.8 Å². The van der Waals surface area contributed by atoms with Gasteiger partial charge >= 0.3 is 6.03 Å². The van der Waals surface area contributed by atoms with Crippen molar-refractivity contribution in [3.05, 3.63) is 42.3 Å². The second-order valence-corrected chi connectivity index (χ2v) is 8.17. The van der Waals surface area contributed by atoms with E-state index in [1.54, 1.807) is 0 Å². The number of carbonyl (C=O) groups is 3. The molecule has 28 heavy (non-hydrogen) atoms. The van der Waals surface area contributed by atoms with E-state index in [-0.39, 0.29) is 24.8 Å². The molecule has 0 saturated carbocycles. The first kappa shape index (κ1) is 18.9. The number of urea groups is 1. The van der Waals surface area contributed by atoms with E-state index < -0.39 is 11.9 Å². The van der Waals surface area contributed by atoms with Gasteiger partial charge in [0.2, 0.25) is 11.8 Å². The summed E-state index contributed by atoms with van der Waals surface area (Å²) < 4.78 is 0. The number of hydrogen-bond donors (Lipinski definition) is 1. The summed E-state index contributed by atoms with van der Waals surface area (Å²) in [6, 6.07) is 9.61. The first-order valence-corrected chi connectivity index (χ1v) is 10.0. The fourth-order valence-corrected chi connectivity index (χ4v) is 4.80. The van der Waals surface area contributed by atoms with Gasteiger partial charge in [-0.2, -0.15) is 0 Å². The first-order chi connectivity index (χ1) is 13.5. The van der Waals surface area contributed by atoms with Crippen LogP contribution >= 0.6 is 0 Å². The number of nitrogens with two attached hydrogens (primary N) is 1. The second kappa shape index (κ2) is 7.91. The van der Waals surface area contributed by atoms with Crippen LogP contribution in [0.2, 0.25) is 0 Å². The van der Waals surface area contributed by atoms with Gasteiger partial charge in [0.15, 0.2) is 0 Å².